The summed E-state index contributed by atoms with van der Waals surface area (Å²) in [6, 6.07) is 0.00763. The van der Waals surface area contributed by atoms with Crippen molar-refractivity contribution in [3.63, 3.8) is 0 Å². The zero-order chi connectivity index (χ0) is 12.9. The average molecular weight is 270 g/mol. The summed E-state index contributed by atoms with van der Waals surface area (Å²) in [7, 11) is 0. The van der Waals surface area contributed by atoms with Crippen LogP contribution < -0.4 is 5.73 Å². The lowest BCUT2D eigenvalue weighted by atomic mass is 10.0. The minimum absolute atomic E-state index is 0.00763. The van der Waals surface area contributed by atoms with E-state index in [-0.39, 0.29) is 12.6 Å². The predicted molar refractivity (Wildman–Crippen MR) is 62.9 cm³/mol. The molecule has 0 saturated carbocycles. The van der Waals surface area contributed by atoms with Crippen molar-refractivity contribution < 1.29 is 17.9 Å². The van der Waals surface area contributed by atoms with Crippen molar-refractivity contribution >= 4 is 17.2 Å². The smallest absolute Gasteiger partial charge is 0.392 e. The normalized spacial score (nSPS) is 22.6. The van der Waals surface area contributed by atoms with Crippen molar-refractivity contribution in [3.05, 3.63) is 0 Å². The molecule has 2 N–H and O–H groups in total. The van der Waals surface area contributed by atoms with E-state index in [1.807, 2.05) is 4.90 Å². The molecule has 0 amide bonds. The second-order valence-electron chi connectivity index (χ2n) is 4.12. The van der Waals surface area contributed by atoms with Crippen LogP contribution in [0.5, 0.6) is 0 Å². The van der Waals surface area contributed by atoms with Gasteiger partial charge in [-0.05, 0) is 19.4 Å². The van der Waals surface area contributed by atoms with E-state index >= 15 is 0 Å². The molecule has 1 aliphatic heterocycles. The number of thiocarbonyl (C=S) groups is 1. The van der Waals surface area contributed by atoms with Crippen LogP contribution in [0.2, 0.25) is 0 Å². The molecule has 0 aromatic rings. The molecule has 1 aliphatic rings. The van der Waals surface area contributed by atoms with Crippen LogP contribution in [0.15, 0.2) is 0 Å². The topological polar surface area (TPSA) is 38.5 Å². The Labute approximate surface area is 104 Å². The molecule has 0 aromatic heterocycles. The van der Waals surface area contributed by atoms with Crippen LogP contribution in [0.4, 0.5) is 13.2 Å². The molecule has 100 valence electrons. The standard InChI is InChI=1S/C10H17F3N2OS/c11-10(12,13)7-16-6-5-15-4-2-1-3-8(15)9(14)17/h8H,1-7H2,(H2,14,17). The molecule has 0 bridgehead atoms. The quantitative estimate of drug-likeness (QED) is 0.609. The second-order valence-corrected chi connectivity index (χ2v) is 4.59. The monoisotopic (exact) mass is 270 g/mol. The fourth-order valence-corrected chi connectivity index (χ4v) is 2.22. The highest BCUT2D eigenvalue weighted by Gasteiger charge is 2.28. The summed E-state index contributed by atoms with van der Waals surface area (Å²) in [6.07, 6.45) is -1.29. The van der Waals surface area contributed by atoms with Crippen LogP contribution in [-0.4, -0.2) is 48.4 Å². The van der Waals surface area contributed by atoms with E-state index in [0.717, 1.165) is 25.8 Å². The highest BCUT2D eigenvalue weighted by atomic mass is 32.1. The van der Waals surface area contributed by atoms with E-state index in [1.165, 1.54) is 0 Å². The fraction of sp³-hybridized carbons (Fsp3) is 0.900. The average Bonchev–Trinajstić information content (AvgIpc) is 2.23. The summed E-state index contributed by atoms with van der Waals surface area (Å²) in [5, 5.41) is 0. The van der Waals surface area contributed by atoms with Gasteiger partial charge in [-0.25, -0.2) is 0 Å². The Bertz CT molecular complexity index is 260. The maximum atomic E-state index is 11.8. The van der Waals surface area contributed by atoms with Crippen molar-refractivity contribution in [2.24, 2.45) is 5.73 Å². The van der Waals surface area contributed by atoms with E-state index < -0.39 is 12.8 Å². The lowest BCUT2D eigenvalue weighted by Gasteiger charge is -2.34. The van der Waals surface area contributed by atoms with Gasteiger partial charge in [0.25, 0.3) is 0 Å². The Morgan fingerprint density at radius 3 is 2.71 bits per heavy atom. The molecule has 1 unspecified atom stereocenters. The molecule has 0 radical (unpaired) electrons. The Balaban J connectivity index is 2.26. The summed E-state index contributed by atoms with van der Waals surface area (Å²) in [5.41, 5.74) is 5.60. The Morgan fingerprint density at radius 2 is 2.12 bits per heavy atom. The van der Waals surface area contributed by atoms with Crippen LogP contribution in [0.25, 0.3) is 0 Å². The molecule has 17 heavy (non-hydrogen) atoms. The summed E-state index contributed by atoms with van der Waals surface area (Å²) < 4.78 is 40.1. The minimum atomic E-state index is -4.26. The highest BCUT2D eigenvalue weighted by molar-refractivity contribution is 7.80. The Morgan fingerprint density at radius 1 is 1.41 bits per heavy atom. The summed E-state index contributed by atoms with van der Waals surface area (Å²) >= 11 is 4.95. The van der Waals surface area contributed by atoms with E-state index in [1.54, 1.807) is 0 Å². The largest absolute Gasteiger partial charge is 0.411 e. The number of nitrogens with two attached hydrogens (primary N) is 1. The van der Waals surface area contributed by atoms with Crippen molar-refractivity contribution in [2.75, 3.05) is 26.3 Å². The maximum absolute atomic E-state index is 11.8. The van der Waals surface area contributed by atoms with Gasteiger partial charge in [-0.15, -0.1) is 0 Å². The number of likely N-dealkylation sites (tertiary alicyclic amines) is 1. The number of ether oxygens (including phenoxy) is 1. The number of hydrogen-bond acceptors (Lipinski definition) is 3. The highest BCUT2D eigenvalue weighted by Crippen LogP contribution is 2.17. The first-order valence-corrected chi connectivity index (χ1v) is 5.99. The number of halogens is 3. The first kappa shape index (κ1) is 14.7. The fourth-order valence-electron chi connectivity index (χ4n) is 1.95. The van der Waals surface area contributed by atoms with Crippen LogP contribution >= 0.6 is 12.2 Å². The molecule has 7 heteroatoms. The van der Waals surface area contributed by atoms with Gasteiger partial charge in [0.05, 0.1) is 17.6 Å². The first-order valence-electron chi connectivity index (χ1n) is 5.58. The summed E-state index contributed by atoms with van der Waals surface area (Å²) in [6.45, 7) is 0.118. The van der Waals surface area contributed by atoms with Gasteiger partial charge < -0.3 is 10.5 Å². The third-order valence-corrected chi connectivity index (χ3v) is 3.00. The molecule has 1 fully saturated rings. The van der Waals surface area contributed by atoms with Crippen LogP contribution in [0.1, 0.15) is 19.3 Å². The third kappa shape index (κ3) is 5.65. The molecule has 0 aromatic carbocycles. The van der Waals surface area contributed by atoms with Gasteiger partial charge in [0, 0.05) is 6.54 Å². The zero-order valence-electron chi connectivity index (χ0n) is 9.50. The first-order chi connectivity index (χ1) is 7.90. The van der Waals surface area contributed by atoms with E-state index in [4.69, 9.17) is 18.0 Å². The third-order valence-electron chi connectivity index (χ3n) is 2.73. The molecule has 0 aliphatic carbocycles. The van der Waals surface area contributed by atoms with Crippen LogP contribution in [0.3, 0.4) is 0 Å². The van der Waals surface area contributed by atoms with E-state index in [0.29, 0.717) is 11.5 Å². The lowest BCUT2D eigenvalue weighted by molar-refractivity contribution is -0.174. The van der Waals surface area contributed by atoms with Gasteiger partial charge in [0.2, 0.25) is 0 Å². The van der Waals surface area contributed by atoms with Crippen LogP contribution in [-0.2, 0) is 4.74 Å². The number of rotatable bonds is 5. The number of hydrogen-bond donors (Lipinski definition) is 1. The zero-order valence-corrected chi connectivity index (χ0v) is 10.3. The van der Waals surface area contributed by atoms with Gasteiger partial charge >= 0.3 is 6.18 Å². The maximum Gasteiger partial charge on any atom is 0.411 e. The Kier molecular flexibility index (Phi) is 5.61. The molecule has 1 atom stereocenters. The summed E-state index contributed by atoms with van der Waals surface area (Å²) in [4.78, 5) is 2.42. The summed E-state index contributed by atoms with van der Waals surface area (Å²) in [5.74, 6) is 0. The molecule has 3 nitrogen and oxygen atoms in total. The van der Waals surface area contributed by atoms with Gasteiger partial charge in [-0.3, -0.25) is 4.90 Å². The van der Waals surface area contributed by atoms with E-state index in [2.05, 4.69) is 4.74 Å². The van der Waals surface area contributed by atoms with Gasteiger partial charge in [0.1, 0.15) is 6.61 Å². The molecular weight excluding hydrogens is 253 g/mol. The number of alkyl halides is 3. The number of nitrogens with zero attached hydrogens (tertiary/aromatic N) is 1. The molecule has 1 heterocycles. The van der Waals surface area contributed by atoms with Gasteiger partial charge in [-0.1, -0.05) is 18.6 Å². The SMILES string of the molecule is NC(=S)C1CCCCN1CCOCC(F)(F)F. The lowest BCUT2D eigenvalue weighted by Crippen LogP contribution is -2.48. The molecule has 1 rings (SSSR count). The van der Waals surface area contributed by atoms with Crippen molar-refractivity contribution in [1.82, 2.24) is 4.90 Å². The Hall–Kier alpha value is -0.400. The predicted octanol–water partition coefficient (Wildman–Crippen LogP) is 1.71. The van der Waals surface area contributed by atoms with Gasteiger partial charge in [0.15, 0.2) is 0 Å². The molecule has 1 saturated heterocycles. The minimum Gasteiger partial charge on any atom is -0.392 e. The number of piperidine rings is 1. The van der Waals surface area contributed by atoms with Gasteiger partial charge in [-0.2, -0.15) is 13.2 Å². The van der Waals surface area contributed by atoms with Crippen LogP contribution in [0, 0.1) is 0 Å². The van der Waals surface area contributed by atoms with Crippen molar-refractivity contribution in [3.8, 4) is 0 Å². The van der Waals surface area contributed by atoms with E-state index in [9.17, 15) is 13.2 Å². The molecule has 0 spiro atoms. The molecular formula is C10H17F3N2OS. The van der Waals surface area contributed by atoms with Crippen molar-refractivity contribution in [1.29, 1.82) is 0 Å². The second kappa shape index (κ2) is 6.51. The van der Waals surface area contributed by atoms with Crippen molar-refractivity contribution in [2.45, 2.75) is 31.5 Å².